The molecule has 0 saturated heterocycles. The molecule has 2 atom stereocenters. The van der Waals surface area contributed by atoms with Crippen LogP contribution in [0.4, 0.5) is 0 Å². The molecule has 1 aromatic carbocycles. The zero-order valence-electron chi connectivity index (χ0n) is 10.5. The average molecular weight is 282 g/mol. The van der Waals surface area contributed by atoms with E-state index < -0.39 is 17.9 Å². The minimum absolute atomic E-state index is 0.0205. The maximum absolute atomic E-state index is 11.0. The van der Waals surface area contributed by atoms with E-state index in [0.29, 0.717) is 12.8 Å². The van der Waals surface area contributed by atoms with Crippen molar-refractivity contribution in [1.29, 1.82) is 0 Å². The SMILES string of the molecule is O=C(O)CCC(CCC(S)c1ccccc1)C(=O)O. The first-order valence-corrected chi connectivity index (χ1v) is 6.70. The van der Waals surface area contributed by atoms with Gasteiger partial charge in [0.1, 0.15) is 0 Å². The molecular weight excluding hydrogens is 264 g/mol. The Morgan fingerprint density at radius 1 is 1.05 bits per heavy atom. The first kappa shape index (κ1) is 15.6. The topological polar surface area (TPSA) is 74.6 Å². The van der Waals surface area contributed by atoms with Gasteiger partial charge in [-0.1, -0.05) is 30.3 Å². The molecule has 0 radical (unpaired) electrons. The fourth-order valence-electron chi connectivity index (χ4n) is 1.89. The van der Waals surface area contributed by atoms with Gasteiger partial charge in [-0.3, -0.25) is 9.59 Å². The van der Waals surface area contributed by atoms with E-state index >= 15 is 0 Å². The summed E-state index contributed by atoms with van der Waals surface area (Å²) in [6.45, 7) is 0. The molecule has 0 fully saturated rings. The second kappa shape index (κ2) is 7.84. The number of carboxylic acids is 2. The second-order valence-corrected chi connectivity index (χ2v) is 5.09. The molecule has 0 amide bonds. The Morgan fingerprint density at radius 3 is 2.21 bits per heavy atom. The van der Waals surface area contributed by atoms with E-state index in [1.165, 1.54) is 0 Å². The summed E-state index contributed by atoms with van der Waals surface area (Å²) < 4.78 is 0. The highest BCUT2D eigenvalue weighted by Gasteiger charge is 2.20. The van der Waals surface area contributed by atoms with Crippen LogP contribution in [0.25, 0.3) is 0 Å². The molecule has 104 valence electrons. The summed E-state index contributed by atoms with van der Waals surface area (Å²) in [5, 5.41) is 17.6. The van der Waals surface area contributed by atoms with E-state index in [2.05, 4.69) is 12.6 Å². The molecule has 5 heteroatoms. The van der Waals surface area contributed by atoms with Crippen LogP contribution in [0.15, 0.2) is 30.3 Å². The molecular formula is C14H18O4S. The van der Waals surface area contributed by atoms with E-state index in [1.54, 1.807) is 0 Å². The monoisotopic (exact) mass is 282 g/mol. The van der Waals surface area contributed by atoms with Crippen LogP contribution in [-0.2, 0) is 9.59 Å². The van der Waals surface area contributed by atoms with Gasteiger partial charge >= 0.3 is 11.9 Å². The van der Waals surface area contributed by atoms with E-state index in [1.807, 2.05) is 30.3 Å². The first-order valence-electron chi connectivity index (χ1n) is 6.18. The van der Waals surface area contributed by atoms with E-state index in [9.17, 15) is 9.59 Å². The predicted molar refractivity (Wildman–Crippen MR) is 75.4 cm³/mol. The summed E-state index contributed by atoms with van der Waals surface area (Å²) in [6.07, 6.45) is 1.11. The van der Waals surface area contributed by atoms with Crippen molar-refractivity contribution in [3.05, 3.63) is 35.9 Å². The van der Waals surface area contributed by atoms with Gasteiger partial charge in [-0.25, -0.2) is 0 Å². The van der Waals surface area contributed by atoms with Crippen LogP contribution in [0.1, 0.15) is 36.5 Å². The van der Waals surface area contributed by atoms with Crippen LogP contribution in [0, 0.1) is 5.92 Å². The maximum atomic E-state index is 11.0. The molecule has 19 heavy (non-hydrogen) atoms. The summed E-state index contributed by atoms with van der Waals surface area (Å²) in [5.74, 6) is -2.51. The molecule has 0 aliphatic rings. The quantitative estimate of drug-likeness (QED) is 0.641. The lowest BCUT2D eigenvalue weighted by Gasteiger charge is -2.15. The summed E-state index contributed by atoms with van der Waals surface area (Å²) in [4.78, 5) is 21.5. The van der Waals surface area contributed by atoms with Crippen molar-refractivity contribution in [2.24, 2.45) is 5.92 Å². The number of thiol groups is 1. The van der Waals surface area contributed by atoms with Crippen LogP contribution < -0.4 is 0 Å². The van der Waals surface area contributed by atoms with Gasteiger partial charge in [-0.2, -0.15) is 12.6 Å². The molecule has 0 aliphatic heterocycles. The van der Waals surface area contributed by atoms with Gasteiger partial charge in [-0.15, -0.1) is 0 Å². The largest absolute Gasteiger partial charge is 0.481 e. The van der Waals surface area contributed by atoms with Gasteiger partial charge < -0.3 is 10.2 Å². The number of hydrogen-bond donors (Lipinski definition) is 3. The number of carbonyl (C=O) groups is 2. The third-order valence-corrected chi connectivity index (χ3v) is 3.59. The van der Waals surface area contributed by atoms with E-state index in [4.69, 9.17) is 10.2 Å². The Bertz CT molecular complexity index is 419. The van der Waals surface area contributed by atoms with E-state index in [0.717, 1.165) is 5.56 Å². The lowest BCUT2D eigenvalue weighted by molar-refractivity contribution is -0.143. The number of carboxylic acid groups (broad SMARTS) is 2. The van der Waals surface area contributed by atoms with Gasteiger partial charge in [-0.05, 0) is 24.8 Å². The number of aliphatic carboxylic acids is 2. The highest BCUT2D eigenvalue weighted by molar-refractivity contribution is 7.80. The van der Waals surface area contributed by atoms with Crippen molar-refractivity contribution in [1.82, 2.24) is 0 Å². The Balaban J connectivity index is 2.47. The van der Waals surface area contributed by atoms with Crippen LogP contribution >= 0.6 is 12.6 Å². The van der Waals surface area contributed by atoms with Crippen molar-refractivity contribution in [3.63, 3.8) is 0 Å². The zero-order chi connectivity index (χ0) is 14.3. The minimum atomic E-state index is -0.961. The molecule has 0 saturated carbocycles. The standard InChI is InChI=1S/C14H18O4S/c15-13(16)9-7-11(14(17)18)6-8-12(19)10-4-2-1-3-5-10/h1-5,11-12,19H,6-9H2,(H,15,16)(H,17,18). The lowest BCUT2D eigenvalue weighted by atomic mass is 9.95. The number of benzene rings is 1. The second-order valence-electron chi connectivity index (χ2n) is 4.47. The smallest absolute Gasteiger partial charge is 0.306 e. The first-order chi connectivity index (χ1) is 9.00. The summed E-state index contributed by atoms with van der Waals surface area (Å²) in [5.41, 5.74) is 1.05. The molecule has 0 spiro atoms. The van der Waals surface area contributed by atoms with Gasteiger partial charge in [0.05, 0.1) is 5.92 Å². The number of hydrogen-bond acceptors (Lipinski definition) is 3. The lowest BCUT2D eigenvalue weighted by Crippen LogP contribution is -2.16. The van der Waals surface area contributed by atoms with Gasteiger partial charge in [0, 0.05) is 11.7 Å². The Morgan fingerprint density at radius 2 is 1.68 bits per heavy atom. The Kier molecular flexibility index (Phi) is 6.42. The molecule has 2 unspecified atom stereocenters. The zero-order valence-corrected chi connectivity index (χ0v) is 11.4. The normalized spacial score (nSPS) is 13.7. The molecule has 2 N–H and O–H groups in total. The van der Waals surface area contributed by atoms with Crippen LogP contribution in [-0.4, -0.2) is 22.2 Å². The van der Waals surface area contributed by atoms with Crippen molar-refractivity contribution < 1.29 is 19.8 Å². The molecule has 0 aromatic heterocycles. The molecule has 1 aromatic rings. The van der Waals surface area contributed by atoms with Gasteiger partial charge in [0.25, 0.3) is 0 Å². The average Bonchev–Trinajstić information content (AvgIpc) is 2.38. The Labute approximate surface area is 117 Å². The summed E-state index contributed by atoms with van der Waals surface area (Å²) in [7, 11) is 0. The fraction of sp³-hybridized carbons (Fsp3) is 0.429. The molecule has 4 nitrogen and oxygen atoms in total. The van der Waals surface area contributed by atoms with Gasteiger partial charge in [0.2, 0.25) is 0 Å². The highest BCUT2D eigenvalue weighted by Crippen LogP contribution is 2.28. The maximum Gasteiger partial charge on any atom is 0.306 e. The fourth-order valence-corrected chi connectivity index (χ4v) is 2.21. The van der Waals surface area contributed by atoms with Crippen molar-refractivity contribution in [2.75, 3.05) is 0 Å². The Hall–Kier alpha value is -1.49. The van der Waals surface area contributed by atoms with Crippen molar-refractivity contribution >= 4 is 24.6 Å². The summed E-state index contributed by atoms with van der Waals surface area (Å²) >= 11 is 4.46. The van der Waals surface area contributed by atoms with Gasteiger partial charge in [0.15, 0.2) is 0 Å². The van der Waals surface area contributed by atoms with Crippen molar-refractivity contribution in [3.8, 4) is 0 Å². The van der Waals surface area contributed by atoms with Crippen molar-refractivity contribution in [2.45, 2.75) is 30.9 Å². The summed E-state index contributed by atoms with van der Waals surface area (Å²) in [6, 6.07) is 9.64. The molecule has 0 heterocycles. The molecule has 0 aliphatic carbocycles. The third kappa shape index (κ3) is 5.79. The molecule has 1 rings (SSSR count). The predicted octanol–water partition coefficient (Wildman–Crippen LogP) is 3.00. The van der Waals surface area contributed by atoms with Crippen LogP contribution in [0.5, 0.6) is 0 Å². The minimum Gasteiger partial charge on any atom is -0.481 e. The van der Waals surface area contributed by atoms with Crippen LogP contribution in [0.3, 0.4) is 0 Å². The third-order valence-electron chi connectivity index (χ3n) is 3.03. The number of rotatable bonds is 8. The van der Waals surface area contributed by atoms with E-state index in [-0.39, 0.29) is 18.1 Å². The van der Waals surface area contributed by atoms with Crippen LogP contribution in [0.2, 0.25) is 0 Å². The highest BCUT2D eigenvalue weighted by atomic mass is 32.1. The molecule has 0 bridgehead atoms.